The van der Waals surface area contributed by atoms with Crippen molar-refractivity contribution in [2.24, 2.45) is 0 Å². The second-order valence-corrected chi connectivity index (χ2v) is 42.0. The predicted molar refractivity (Wildman–Crippen MR) is 421 cm³/mol. The summed E-state index contributed by atoms with van der Waals surface area (Å²) in [5, 5.41) is 18.4. The lowest BCUT2D eigenvalue weighted by Crippen LogP contribution is -2.41. The first kappa shape index (κ1) is 91.6. The number of hydrogen-bond donors (Lipinski definition) is 1. The Balaban J connectivity index is 0.000000169. The van der Waals surface area contributed by atoms with Crippen LogP contribution in [0.4, 0.5) is 52.7 Å². The molecule has 0 amide bonds. The van der Waals surface area contributed by atoms with E-state index in [0.29, 0.717) is 36.3 Å². The minimum atomic E-state index is -4.82. The van der Waals surface area contributed by atoms with Gasteiger partial charge in [0.25, 0.3) is 22.2 Å². The summed E-state index contributed by atoms with van der Waals surface area (Å²) in [6.07, 6.45) is -0.489. The highest BCUT2D eigenvalue weighted by molar-refractivity contribution is 9.10. The normalized spacial score (nSPS) is 14.2. The molecule has 13 heterocycles. The molecule has 1 saturated carbocycles. The van der Waals surface area contributed by atoms with E-state index in [2.05, 4.69) is 128 Å². The molecule has 0 spiro atoms. The summed E-state index contributed by atoms with van der Waals surface area (Å²) in [5.41, 5.74) is -10.0. The molecule has 14 rings (SSSR count). The van der Waals surface area contributed by atoms with E-state index in [0.717, 1.165) is 54.8 Å². The number of aromatic nitrogens is 16. The van der Waals surface area contributed by atoms with Crippen LogP contribution in [0.1, 0.15) is 69.4 Å². The van der Waals surface area contributed by atoms with Gasteiger partial charge in [-0.1, -0.05) is 39.3 Å². The number of ether oxygens (including phenoxy) is 6. The molecule has 0 unspecified atom stereocenters. The molecule has 1 N–H and O–H groups in total. The van der Waals surface area contributed by atoms with Gasteiger partial charge in [-0.3, -0.25) is 46.6 Å². The fourth-order valence-electron chi connectivity index (χ4n) is 11.1. The maximum absolute atomic E-state index is 13.7. The molecule has 1 aliphatic heterocycles. The zero-order valence-electron chi connectivity index (χ0n) is 65.8. The Kier molecular flexibility index (Phi) is 28.1. The maximum atomic E-state index is 13.7. The lowest BCUT2D eigenvalue weighted by Gasteiger charge is -2.32. The van der Waals surface area contributed by atoms with Gasteiger partial charge in [-0.05, 0) is 92.8 Å². The van der Waals surface area contributed by atoms with Gasteiger partial charge in [0.15, 0.2) is 22.8 Å². The molecule has 0 aromatic carbocycles. The fraction of sp³-hybridized carbons (Fsp3) is 0.397. The maximum Gasteiger partial charge on any atom is 0.498 e. The quantitative estimate of drug-likeness (QED) is 0.0447. The summed E-state index contributed by atoms with van der Waals surface area (Å²) in [5.74, 6) is 1.23. The summed E-state index contributed by atoms with van der Waals surface area (Å²) >= 11 is 2.63. The highest BCUT2D eigenvalue weighted by atomic mass is 79.9. The first-order valence-corrected chi connectivity index (χ1v) is 43.8. The highest BCUT2D eigenvalue weighted by Crippen LogP contribution is 2.41. The standard InChI is InChI=1S/C19H23F3N4O3Si.C16H13F3N4O2.C15H29BN2O3Si.C13H9F3N4O2.C10H6BrF3N2O2.ClH/c1-28-14-5-6-26-15(9-14)24-17(19(20,21)22)16(18(26)27)13-10-23-25(11-13)12-29-7-8-30(2,3)4;1-25-11-4-5-22-12(6-11)21-14(16(17,18)19)13(15(22)24)9-7-20-23(8-9)10-2-3-10;1-14(2)15(3,4)21-16(20-14)13-10-17-18(11-13)12-19-8-9-22(5,6)7;1-22-8-2-3-20-9(4-8)19-11(13(14,15)16)10(12(20)21)7-5-17-18-6-7;1-18-5-2-3-16-6(4-5)15-8(10(12,13)14)7(11)9(16)17;/h5-6,9-11H,7-8,12H2,1-4H3;4-8,10H,2-3H2,1H3;10-11H,8-9,12H2,1-7H3;2-6H,1H3,(H,17,18);2-4H,1H3;1H. The van der Waals surface area contributed by atoms with Crippen molar-refractivity contribution >= 4 is 79.7 Å². The van der Waals surface area contributed by atoms with Crippen LogP contribution >= 0.6 is 28.3 Å². The Morgan fingerprint density at radius 1 is 0.492 bits per heavy atom. The van der Waals surface area contributed by atoms with Gasteiger partial charge in [0, 0.05) is 132 Å². The van der Waals surface area contributed by atoms with Crippen molar-refractivity contribution in [1.82, 2.24) is 77.1 Å². The molecule has 118 heavy (non-hydrogen) atoms. The predicted octanol–water partition coefficient (Wildman–Crippen LogP) is 14.3. The van der Waals surface area contributed by atoms with Gasteiger partial charge < -0.3 is 37.7 Å². The number of nitrogens with zero attached hydrogens (tertiary/aromatic N) is 15. The van der Waals surface area contributed by atoms with E-state index in [-0.39, 0.29) is 82.8 Å². The number of H-pyrrole nitrogens is 1. The van der Waals surface area contributed by atoms with E-state index in [1.165, 1.54) is 143 Å². The van der Waals surface area contributed by atoms with Gasteiger partial charge >= 0.3 is 31.8 Å². The number of alkyl halides is 12. The topological polar surface area (TPSA) is 293 Å². The summed E-state index contributed by atoms with van der Waals surface area (Å²) < 4.78 is 211. The minimum absolute atomic E-state index is 0. The molecule has 12 aromatic heterocycles. The lowest BCUT2D eigenvalue weighted by molar-refractivity contribution is -0.142. The third-order valence-corrected chi connectivity index (χ3v) is 22.4. The van der Waals surface area contributed by atoms with Crippen molar-refractivity contribution < 1.29 is 90.4 Å². The highest BCUT2D eigenvalue weighted by Gasteiger charge is 2.52. The fourth-order valence-corrected chi connectivity index (χ4v) is 13.1. The van der Waals surface area contributed by atoms with Crippen molar-refractivity contribution in [2.75, 3.05) is 41.7 Å². The number of fused-ring (bicyclic) bond motifs is 4. The first-order chi connectivity index (χ1) is 54.6. The molecule has 0 radical (unpaired) electrons. The van der Waals surface area contributed by atoms with Gasteiger partial charge in [-0.25, -0.2) is 29.3 Å². The third-order valence-electron chi connectivity index (χ3n) is 18.3. The molecule has 2 aliphatic rings. The van der Waals surface area contributed by atoms with Crippen LogP contribution in [-0.4, -0.2) is 153 Å². The third kappa shape index (κ3) is 22.0. The van der Waals surface area contributed by atoms with Gasteiger partial charge in [-0.2, -0.15) is 73.1 Å². The Hall–Kier alpha value is -10.3. The smallest absolute Gasteiger partial charge is 0.497 e. The average Bonchev–Trinajstić information content (AvgIpc) is 1.08. The van der Waals surface area contributed by atoms with Crippen molar-refractivity contribution in [3.05, 3.63) is 192 Å². The zero-order valence-corrected chi connectivity index (χ0v) is 70.2. The molecule has 2 fully saturated rings. The average molecular weight is 1780 g/mol. The van der Waals surface area contributed by atoms with Crippen LogP contribution in [0.3, 0.4) is 0 Å². The van der Waals surface area contributed by atoms with E-state index < -0.39 is 107 Å². The number of rotatable bonds is 19. The van der Waals surface area contributed by atoms with Crippen molar-refractivity contribution in [2.45, 2.75) is 147 Å². The van der Waals surface area contributed by atoms with Crippen LogP contribution in [0.15, 0.2) is 147 Å². The Morgan fingerprint density at radius 3 is 1.19 bits per heavy atom. The second-order valence-electron chi connectivity index (χ2n) is 30.0. The van der Waals surface area contributed by atoms with Gasteiger partial charge in [-0.15, -0.1) is 12.4 Å². The van der Waals surface area contributed by atoms with E-state index >= 15 is 0 Å². The van der Waals surface area contributed by atoms with Gasteiger partial charge in [0.1, 0.15) is 63.5 Å². The lowest BCUT2D eigenvalue weighted by atomic mass is 9.82. The van der Waals surface area contributed by atoms with E-state index in [4.69, 9.17) is 37.7 Å². The number of methoxy groups -OCH3 is 4. The monoisotopic (exact) mass is 1780 g/mol. The summed E-state index contributed by atoms with van der Waals surface area (Å²) in [6.45, 7) is 23.8. The summed E-state index contributed by atoms with van der Waals surface area (Å²) in [4.78, 5) is 64.2. The van der Waals surface area contributed by atoms with Gasteiger partial charge in [0.05, 0.1) is 81.0 Å². The molecule has 1 saturated heterocycles. The number of pyridine rings is 4. The van der Waals surface area contributed by atoms with Crippen LogP contribution in [-0.2, 0) is 56.9 Å². The molecule has 0 bridgehead atoms. The molecule has 1 aliphatic carbocycles. The van der Waals surface area contributed by atoms with E-state index in [1.807, 2.05) is 6.20 Å². The molecular weight excluding hydrogens is 1700 g/mol. The second kappa shape index (κ2) is 36.1. The molecule has 45 heteroatoms. The number of aromatic amines is 1. The number of halogens is 14. The minimum Gasteiger partial charge on any atom is -0.497 e. The summed E-state index contributed by atoms with van der Waals surface area (Å²) in [7, 11) is 2.85. The number of hydrogen-bond acceptors (Lipinski definition) is 20. The molecule has 0 atom stereocenters. The molecule has 28 nitrogen and oxygen atoms in total. The Morgan fingerprint density at radius 2 is 0.839 bits per heavy atom. The SMILES string of the molecule is CC1(C)OB(c2cnn(COCC[Si](C)(C)C)c2)OC1(C)C.COc1ccn2c(=O)c(-c3cn[nH]c3)c(C(F)(F)F)nc2c1.COc1ccn2c(=O)c(-c3cnn(C4CC4)c3)c(C(F)(F)F)nc2c1.COc1ccn2c(=O)c(-c3cnn(COCC[Si](C)(C)C)c3)c(C(F)(F)F)nc2c1.COc1ccn2c(=O)c(Br)c(C(F)(F)F)nc2c1.Cl. The van der Waals surface area contributed by atoms with Gasteiger partial charge in [0.2, 0.25) is 0 Å². The van der Waals surface area contributed by atoms with Crippen LogP contribution in [0, 0.1) is 0 Å². The van der Waals surface area contributed by atoms with Crippen molar-refractivity contribution in [3.63, 3.8) is 0 Å². The van der Waals surface area contributed by atoms with Crippen molar-refractivity contribution in [3.8, 4) is 56.4 Å². The van der Waals surface area contributed by atoms with Crippen LogP contribution in [0.2, 0.25) is 51.4 Å². The van der Waals surface area contributed by atoms with E-state index in [9.17, 15) is 71.9 Å². The van der Waals surface area contributed by atoms with E-state index in [1.54, 1.807) is 15.6 Å². The molecular formula is C73H81BBrClF12N16O12Si2. The van der Waals surface area contributed by atoms with Crippen molar-refractivity contribution in [1.29, 1.82) is 0 Å². The molecule has 12 aromatic rings. The van der Waals surface area contributed by atoms with Crippen LogP contribution < -0.4 is 46.6 Å². The Bertz CT molecular complexity index is 5790. The van der Waals surface area contributed by atoms with Crippen LogP contribution in [0.5, 0.6) is 23.0 Å². The summed E-state index contributed by atoms with van der Waals surface area (Å²) in [6, 6.07) is 13.3. The first-order valence-electron chi connectivity index (χ1n) is 35.6. The largest absolute Gasteiger partial charge is 0.498 e. The number of nitrogens with one attached hydrogen (secondary N) is 1. The Labute approximate surface area is 680 Å². The van der Waals surface area contributed by atoms with Crippen LogP contribution in [0.25, 0.3) is 56.0 Å². The molecule has 634 valence electrons. The zero-order chi connectivity index (χ0) is 85.9.